The van der Waals surface area contributed by atoms with Gasteiger partial charge in [-0.05, 0) is 42.4 Å². The molecule has 1 saturated carbocycles. The minimum Gasteiger partial charge on any atom is -0.384 e. The minimum absolute atomic E-state index is 0.852. The normalized spacial score (nSPS) is 21.1. The molecule has 1 nitrogen and oxygen atoms in total. The van der Waals surface area contributed by atoms with E-state index in [9.17, 15) is 0 Å². The summed E-state index contributed by atoms with van der Waals surface area (Å²) in [5.41, 5.74) is 4.50. The van der Waals surface area contributed by atoms with Gasteiger partial charge in [0.15, 0.2) is 0 Å². The van der Waals surface area contributed by atoms with Crippen LogP contribution in [0.3, 0.4) is 0 Å². The van der Waals surface area contributed by atoms with Gasteiger partial charge in [-0.1, -0.05) is 31.4 Å². The fourth-order valence-corrected chi connectivity index (χ4v) is 3.01. The first kappa shape index (κ1) is 9.26. The molecule has 1 N–H and O–H groups in total. The van der Waals surface area contributed by atoms with E-state index in [0.717, 1.165) is 12.5 Å². The van der Waals surface area contributed by atoms with Gasteiger partial charge >= 0.3 is 0 Å². The molecule has 1 heteroatoms. The fraction of sp³-hybridized carbons (Fsp3) is 0.571. The first-order chi connectivity index (χ1) is 7.43. The van der Waals surface area contributed by atoms with Gasteiger partial charge < -0.3 is 5.32 Å². The lowest BCUT2D eigenvalue weighted by atomic mass is 9.83. The Morgan fingerprint density at radius 3 is 2.80 bits per heavy atom. The molecule has 0 unspecified atom stereocenters. The first-order valence-corrected chi connectivity index (χ1v) is 6.30. The molecule has 15 heavy (non-hydrogen) atoms. The van der Waals surface area contributed by atoms with Crippen molar-refractivity contribution in [3.05, 3.63) is 29.3 Å². The smallest absolute Gasteiger partial charge is 0.0373 e. The zero-order valence-electron chi connectivity index (χ0n) is 9.26. The molecule has 1 heterocycles. The fourth-order valence-electron chi connectivity index (χ4n) is 3.01. The van der Waals surface area contributed by atoms with Crippen molar-refractivity contribution in [1.82, 2.24) is 0 Å². The van der Waals surface area contributed by atoms with Gasteiger partial charge in [0.25, 0.3) is 0 Å². The van der Waals surface area contributed by atoms with Crippen molar-refractivity contribution < 1.29 is 0 Å². The predicted octanol–water partition coefficient (Wildman–Crippen LogP) is 3.70. The molecule has 1 aliphatic carbocycles. The predicted molar refractivity (Wildman–Crippen MR) is 64.5 cm³/mol. The average molecular weight is 201 g/mol. The molecule has 1 aromatic carbocycles. The first-order valence-electron chi connectivity index (χ1n) is 6.30. The topological polar surface area (TPSA) is 12.0 Å². The van der Waals surface area contributed by atoms with E-state index in [0.29, 0.717) is 0 Å². The van der Waals surface area contributed by atoms with Crippen LogP contribution in [0, 0.1) is 0 Å². The molecular weight excluding hydrogens is 182 g/mol. The van der Waals surface area contributed by atoms with Crippen molar-refractivity contribution in [1.29, 1.82) is 0 Å². The van der Waals surface area contributed by atoms with Crippen LogP contribution in [0.25, 0.3) is 0 Å². The Balaban J connectivity index is 1.85. The van der Waals surface area contributed by atoms with Crippen LogP contribution in [0.5, 0.6) is 0 Å². The van der Waals surface area contributed by atoms with Crippen molar-refractivity contribution in [3.8, 4) is 0 Å². The average Bonchev–Trinajstić information content (AvgIpc) is 2.77. The lowest BCUT2D eigenvalue weighted by molar-refractivity contribution is 0.443. The van der Waals surface area contributed by atoms with Crippen LogP contribution < -0.4 is 5.32 Å². The van der Waals surface area contributed by atoms with Crippen molar-refractivity contribution >= 4 is 5.69 Å². The second-order valence-electron chi connectivity index (χ2n) is 4.93. The molecule has 1 fully saturated rings. The Kier molecular flexibility index (Phi) is 2.40. The maximum absolute atomic E-state index is 3.43. The summed E-state index contributed by atoms with van der Waals surface area (Å²) in [5.74, 6) is 0.852. The summed E-state index contributed by atoms with van der Waals surface area (Å²) >= 11 is 0. The number of hydrogen-bond acceptors (Lipinski definition) is 1. The highest BCUT2D eigenvalue weighted by Crippen LogP contribution is 2.35. The molecule has 1 aliphatic heterocycles. The van der Waals surface area contributed by atoms with Crippen molar-refractivity contribution in [2.45, 2.75) is 44.4 Å². The minimum atomic E-state index is 0.852. The van der Waals surface area contributed by atoms with E-state index in [-0.39, 0.29) is 0 Å². The van der Waals surface area contributed by atoms with Gasteiger partial charge in [0, 0.05) is 12.2 Å². The molecule has 0 aromatic heterocycles. The largest absolute Gasteiger partial charge is 0.384 e. The van der Waals surface area contributed by atoms with Gasteiger partial charge in [0.05, 0.1) is 0 Å². The van der Waals surface area contributed by atoms with Gasteiger partial charge in [0.2, 0.25) is 0 Å². The van der Waals surface area contributed by atoms with Gasteiger partial charge in [-0.2, -0.15) is 0 Å². The highest BCUT2D eigenvalue weighted by Gasteiger charge is 2.17. The van der Waals surface area contributed by atoms with Gasteiger partial charge in [-0.25, -0.2) is 0 Å². The molecule has 0 spiro atoms. The van der Waals surface area contributed by atoms with E-state index in [4.69, 9.17) is 0 Å². The van der Waals surface area contributed by atoms with E-state index < -0.39 is 0 Å². The van der Waals surface area contributed by atoms with Gasteiger partial charge in [-0.15, -0.1) is 0 Å². The Morgan fingerprint density at radius 1 is 1.07 bits per heavy atom. The number of anilines is 1. The van der Waals surface area contributed by atoms with E-state index in [1.54, 1.807) is 5.56 Å². The Morgan fingerprint density at radius 2 is 1.93 bits per heavy atom. The second-order valence-corrected chi connectivity index (χ2v) is 4.93. The molecule has 0 radical (unpaired) electrons. The summed E-state index contributed by atoms with van der Waals surface area (Å²) < 4.78 is 0. The third kappa shape index (κ3) is 1.75. The summed E-state index contributed by atoms with van der Waals surface area (Å²) in [4.78, 5) is 0. The number of rotatable bonds is 1. The Labute approximate surface area is 91.9 Å². The Hall–Kier alpha value is -0.980. The standard InChI is InChI=1S/C14H19N/c1-2-4-11(5-3-1)12-6-7-14-13(10-12)8-9-15-14/h6-7,10-11,15H,1-5,8-9H2. The summed E-state index contributed by atoms with van der Waals surface area (Å²) in [6, 6.07) is 7.07. The SMILES string of the molecule is c1cc2c(cc1C1CCCCC1)CCN2. The van der Waals surface area contributed by atoms with Crippen LogP contribution >= 0.6 is 0 Å². The van der Waals surface area contributed by atoms with E-state index in [2.05, 4.69) is 23.5 Å². The van der Waals surface area contributed by atoms with Gasteiger partial charge in [-0.3, -0.25) is 0 Å². The van der Waals surface area contributed by atoms with Crippen molar-refractivity contribution in [2.75, 3.05) is 11.9 Å². The number of fused-ring (bicyclic) bond motifs is 1. The molecule has 0 atom stereocenters. The molecular formula is C14H19N. The number of nitrogens with one attached hydrogen (secondary N) is 1. The lowest BCUT2D eigenvalue weighted by Crippen LogP contribution is -2.04. The summed E-state index contributed by atoms with van der Waals surface area (Å²) in [5, 5.41) is 3.43. The summed E-state index contributed by atoms with van der Waals surface area (Å²) in [7, 11) is 0. The number of hydrogen-bond donors (Lipinski definition) is 1. The molecule has 80 valence electrons. The van der Waals surface area contributed by atoms with E-state index in [1.165, 1.54) is 49.8 Å². The highest BCUT2D eigenvalue weighted by molar-refractivity contribution is 5.56. The van der Waals surface area contributed by atoms with E-state index in [1.807, 2.05) is 0 Å². The van der Waals surface area contributed by atoms with Crippen molar-refractivity contribution in [2.24, 2.45) is 0 Å². The zero-order chi connectivity index (χ0) is 10.1. The molecule has 0 bridgehead atoms. The third-order valence-corrected chi connectivity index (χ3v) is 3.92. The maximum Gasteiger partial charge on any atom is 0.0373 e. The lowest BCUT2D eigenvalue weighted by Gasteiger charge is -2.22. The maximum atomic E-state index is 3.43. The quantitative estimate of drug-likeness (QED) is 0.730. The van der Waals surface area contributed by atoms with Crippen LogP contribution in [0.4, 0.5) is 5.69 Å². The summed E-state index contributed by atoms with van der Waals surface area (Å²) in [6.07, 6.45) is 8.34. The number of benzene rings is 1. The van der Waals surface area contributed by atoms with Crippen LogP contribution in [0.15, 0.2) is 18.2 Å². The molecule has 1 aromatic rings. The Bertz CT molecular complexity index is 350. The summed E-state index contributed by atoms with van der Waals surface area (Å²) in [6.45, 7) is 1.13. The third-order valence-electron chi connectivity index (χ3n) is 3.92. The van der Waals surface area contributed by atoms with Gasteiger partial charge in [0.1, 0.15) is 0 Å². The van der Waals surface area contributed by atoms with Crippen LogP contribution in [-0.4, -0.2) is 6.54 Å². The van der Waals surface area contributed by atoms with E-state index >= 15 is 0 Å². The molecule has 0 amide bonds. The van der Waals surface area contributed by atoms with Crippen LogP contribution in [0.2, 0.25) is 0 Å². The monoisotopic (exact) mass is 201 g/mol. The van der Waals surface area contributed by atoms with Crippen LogP contribution in [0.1, 0.15) is 49.1 Å². The molecule has 0 saturated heterocycles. The highest BCUT2D eigenvalue weighted by atomic mass is 14.9. The second kappa shape index (κ2) is 3.88. The van der Waals surface area contributed by atoms with Crippen LogP contribution in [-0.2, 0) is 6.42 Å². The van der Waals surface area contributed by atoms with Crippen molar-refractivity contribution in [3.63, 3.8) is 0 Å². The molecule has 3 rings (SSSR count). The molecule has 2 aliphatic rings. The zero-order valence-corrected chi connectivity index (χ0v) is 9.26.